The maximum Gasteiger partial charge on any atom is 0.319 e. The van der Waals surface area contributed by atoms with Gasteiger partial charge in [-0.15, -0.1) is 0 Å². The lowest BCUT2D eigenvalue weighted by Crippen LogP contribution is -2.35. The number of ether oxygens (including phenoxy) is 1. The fraction of sp³-hybridized carbons (Fsp3) is 0.467. The maximum atomic E-state index is 11.8. The molecule has 0 aliphatic carbocycles. The maximum absolute atomic E-state index is 11.8. The number of hydrogen-bond donors (Lipinski definition) is 3. The van der Waals surface area contributed by atoms with Gasteiger partial charge in [-0.05, 0) is 31.0 Å². The molecule has 6 heteroatoms. The van der Waals surface area contributed by atoms with Crippen LogP contribution >= 0.6 is 0 Å². The lowest BCUT2D eigenvalue weighted by atomic mass is 10.0. The van der Waals surface area contributed by atoms with Crippen molar-refractivity contribution in [2.24, 2.45) is 5.92 Å². The Labute approximate surface area is 123 Å². The van der Waals surface area contributed by atoms with Gasteiger partial charge in [0.25, 0.3) is 0 Å². The first-order chi connectivity index (χ1) is 10.0. The highest BCUT2D eigenvalue weighted by Crippen LogP contribution is 2.19. The number of aliphatic carboxylic acids is 1. The van der Waals surface area contributed by atoms with E-state index in [-0.39, 0.29) is 18.6 Å². The number of benzene rings is 1. The summed E-state index contributed by atoms with van der Waals surface area (Å²) < 4.78 is 5.44. The molecule has 1 aliphatic rings. The Morgan fingerprint density at radius 2 is 2.05 bits per heavy atom. The molecule has 114 valence electrons. The molecule has 1 aromatic rings. The van der Waals surface area contributed by atoms with Gasteiger partial charge in [-0.1, -0.05) is 12.1 Å². The Bertz CT molecular complexity index is 501. The number of hydrogen-bond acceptors (Lipinski definition) is 3. The summed E-state index contributed by atoms with van der Waals surface area (Å²) in [5.41, 5.74) is 1.34. The molecular weight excluding hydrogens is 272 g/mol. The molecule has 0 saturated carbocycles. The van der Waals surface area contributed by atoms with Crippen LogP contribution in [0.1, 0.15) is 18.9 Å². The zero-order valence-corrected chi connectivity index (χ0v) is 12.0. The Morgan fingerprint density at radius 1 is 1.33 bits per heavy atom. The predicted octanol–water partition coefficient (Wildman–Crippen LogP) is 1.86. The second-order valence-corrected chi connectivity index (χ2v) is 5.23. The van der Waals surface area contributed by atoms with E-state index in [0.29, 0.717) is 23.7 Å². The van der Waals surface area contributed by atoms with Crippen LogP contribution in [-0.2, 0) is 16.0 Å². The van der Waals surface area contributed by atoms with Gasteiger partial charge in [0.2, 0.25) is 0 Å². The van der Waals surface area contributed by atoms with Crippen molar-refractivity contribution in [3.05, 3.63) is 29.8 Å². The molecule has 0 aromatic heterocycles. The predicted molar refractivity (Wildman–Crippen MR) is 78.3 cm³/mol. The third-order valence-corrected chi connectivity index (χ3v) is 3.63. The van der Waals surface area contributed by atoms with Gasteiger partial charge in [-0.3, -0.25) is 4.79 Å². The zero-order valence-electron chi connectivity index (χ0n) is 12.0. The molecule has 1 aliphatic heterocycles. The normalized spacial score (nSPS) is 21.0. The number of carbonyl (C=O) groups is 2. The number of amides is 2. The zero-order chi connectivity index (χ0) is 15.2. The highest BCUT2D eigenvalue weighted by atomic mass is 16.5. The standard InChI is InChI=1S/C15H20N2O4/c1-10-12(6-7-21-10)9-16-15(20)17-13-4-2-11(3-5-13)8-14(18)19/h2-5,10,12H,6-9H2,1H3,(H,18,19)(H2,16,17,20). The Balaban J connectivity index is 1.78. The minimum Gasteiger partial charge on any atom is -0.481 e. The van der Waals surface area contributed by atoms with Gasteiger partial charge in [-0.25, -0.2) is 4.79 Å². The fourth-order valence-electron chi connectivity index (χ4n) is 2.32. The lowest BCUT2D eigenvalue weighted by molar-refractivity contribution is -0.136. The van der Waals surface area contributed by atoms with Crippen LogP contribution in [0.5, 0.6) is 0 Å². The summed E-state index contributed by atoms with van der Waals surface area (Å²) in [6.45, 7) is 3.35. The van der Waals surface area contributed by atoms with Gasteiger partial charge >= 0.3 is 12.0 Å². The van der Waals surface area contributed by atoms with Crippen molar-refractivity contribution in [1.82, 2.24) is 5.32 Å². The van der Waals surface area contributed by atoms with Crippen LogP contribution in [0.15, 0.2) is 24.3 Å². The van der Waals surface area contributed by atoms with Crippen LogP contribution in [0, 0.1) is 5.92 Å². The summed E-state index contributed by atoms with van der Waals surface area (Å²) in [5.74, 6) is -0.518. The monoisotopic (exact) mass is 292 g/mol. The van der Waals surface area contributed by atoms with E-state index in [1.165, 1.54) is 0 Å². The number of carboxylic acids is 1. The number of anilines is 1. The van der Waals surface area contributed by atoms with Crippen LogP contribution in [0.4, 0.5) is 10.5 Å². The average Bonchev–Trinajstić information content (AvgIpc) is 2.84. The van der Waals surface area contributed by atoms with Crippen LogP contribution in [-0.4, -0.2) is 36.4 Å². The molecule has 3 N–H and O–H groups in total. The Kier molecular flexibility index (Phi) is 5.16. The second-order valence-electron chi connectivity index (χ2n) is 5.23. The first-order valence-corrected chi connectivity index (χ1v) is 7.02. The number of carboxylic acid groups (broad SMARTS) is 1. The summed E-state index contributed by atoms with van der Waals surface area (Å²) >= 11 is 0. The van der Waals surface area contributed by atoms with Crippen molar-refractivity contribution in [2.75, 3.05) is 18.5 Å². The van der Waals surface area contributed by atoms with Crippen LogP contribution in [0.2, 0.25) is 0 Å². The minimum absolute atomic E-state index is 0.0218. The molecule has 1 saturated heterocycles. The van der Waals surface area contributed by atoms with E-state index >= 15 is 0 Å². The van der Waals surface area contributed by atoms with E-state index in [4.69, 9.17) is 9.84 Å². The smallest absolute Gasteiger partial charge is 0.319 e. The summed E-state index contributed by atoms with van der Waals surface area (Å²) in [6.07, 6.45) is 1.12. The van der Waals surface area contributed by atoms with Crippen molar-refractivity contribution in [2.45, 2.75) is 25.9 Å². The average molecular weight is 292 g/mol. The quantitative estimate of drug-likeness (QED) is 0.773. The van der Waals surface area contributed by atoms with E-state index < -0.39 is 5.97 Å². The summed E-state index contributed by atoms with van der Waals surface area (Å²) in [5, 5.41) is 14.2. The molecule has 2 amide bonds. The Hall–Kier alpha value is -2.08. The van der Waals surface area contributed by atoms with E-state index in [1.807, 2.05) is 6.92 Å². The topological polar surface area (TPSA) is 87.7 Å². The van der Waals surface area contributed by atoms with Gasteiger partial charge < -0.3 is 20.5 Å². The highest BCUT2D eigenvalue weighted by molar-refractivity contribution is 5.89. The van der Waals surface area contributed by atoms with Gasteiger partial charge in [0.05, 0.1) is 12.5 Å². The molecule has 2 rings (SSSR count). The lowest BCUT2D eigenvalue weighted by Gasteiger charge is -2.15. The number of rotatable bonds is 5. The van der Waals surface area contributed by atoms with Gasteiger partial charge in [0, 0.05) is 24.8 Å². The van der Waals surface area contributed by atoms with Gasteiger partial charge in [0.15, 0.2) is 0 Å². The van der Waals surface area contributed by atoms with Crippen molar-refractivity contribution in [1.29, 1.82) is 0 Å². The molecule has 2 unspecified atom stereocenters. The largest absolute Gasteiger partial charge is 0.481 e. The SMILES string of the molecule is CC1OCCC1CNC(=O)Nc1ccc(CC(=O)O)cc1. The van der Waals surface area contributed by atoms with E-state index in [9.17, 15) is 9.59 Å². The van der Waals surface area contributed by atoms with Crippen molar-refractivity contribution < 1.29 is 19.4 Å². The fourth-order valence-corrected chi connectivity index (χ4v) is 2.32. The highest BCUT2D eigenvalue weighted by Gasteiger charge is 2.24. The molecule has 0 spiro atoms. The molecule has 0 radical (unpaired) electrons. The summed E-state index contributed by atoms with van der Waals surface area (Å²) in [4.78, 5) is 22.4. The van der Waals surface area contributed by atoms with E-state index in [0.717, 1.165) is 13.0 Å². The van der Waals surface area contributed by atoms with E-state index in [1.54, 1.807) is 24.3 Å². The number of carbonyl (C=O) groups excluding carboxylic acids is 1. The van der Waals surface area contributed by atoms with Crippen molar-refractivity contribution >= 4 is 17.7 Å². The third kappa shape index (κ3) is 4.75. The van der Waals surface area contributed by atoms with E-state index in [2.05, 4.69) is 10.6 Å². The third-order valence-electron chi connectivity index (χ3n) is 3.63. The molecule has 6 nitrogen and oxygen atoms in total. The van der Waals surface area contributed by atoms with Crippen LogP contribution in [0.3, 0.4) is 0 Å². The van der Waals surface area contributed by atoms with Gasteiger partial charge in [0.1, 0.15) is 0 Å². The molecule has 0 bridgehead atoms. The Morgan fingerprint density at radius 3 is 2.62 bits per heavy atom. The van der Waals surface area contributed by atoms with Crippen molar-refractivity contribution in [3.63, 3.8) is 0 Å². The summed E-state index contributed by atoms with van der Waals surface area (Å²) in [7, 11) is 0. The number of urea groups is 1. The molecule has 2 atom stereocenters. The summed E-state index contributed by atoms with van der Waals surface area (Å²) in [6, 6.07) is 6.51. The van der Waals surface area contributed by atoms with Crippen LogP contribution < -0.4 is 10.6 Å². The van der Waals surface area contributed by atoms with Gasteiger partial charge in [-0.2, -0.15) is 0 Å². The first-order valence-electron chi connectivity index (χ1n) is 7.02. The first kappa shape index (κ1) is 15.3. The molecule has 21 heavy (non-hydrogen) atoms. The van der Waals surface area contributed by atoms with Crippen LogP contribution in [0.25, 0.3) is 0 Å². The minimum atomic E-state index is -0.874. The molecule has 1 heterocycles. The molecular formula is C15H20N2O4. The molecule has 1 aromatic carbocycles. The number of nitrogens with one attached hydrogen (secondary N) is 2. The molecule has 1 fully saturated rings. The second kappa shape index (κ2) is 7.08. The van der Waals surface area contributed by atoms with Crippen molar-refractivity contribution in [3.8, 4) is 0 Å².